The first-order valence-electron chi connectivity index (χ1n) is 6.86. The van der Waals surface area contributed by atoms with E-state index in [0.717, 1.165) is 25.9 Å². The molecular formula is C15H19ClN2O3. The number of methoxy groups -OCH3 is 1. The summed E-state index contributed by atoms with van der Waals surface area (Å²) < 4.78 is 4.67. The molecule has 2 rings (SSSR count). The van der Waals surface area contributed by atoms with E-state index in [4.69, 9.17) is 11.6 Å². The number of esters is 1. The highest BCUT2D eigenvalue weighted by atomic mass is 35.5. The van der Waals surface area contributed by atoms with Crippen LogP contribution in [0.5, 0.6) is 0 Å². The molecule has 1 fully saturated rings. The second-order valence-electron chi connectivity index (χ2n) is 5.45. The van der Waals surface area contributed by atoms with Gasteiger partial charge in [-0.05, 0) is 44.1 Å². The van der Waals surface area contributed by atoms with Crippen molar-refractivity contribution < 1.29 is 14.3 Å². The van der Waals surface area contributed by atoms with Crippen LogP contribution in [0.15, 0.2) is 18.2 Å². The molecule has 0 saturated carbocycles. The molecule has 1 aromatic rings. The van der Waals surface area contributed by atoms with Crippen LogP contribution in [-0.4, -0.2) is 32.1 Å². The Hall–Kier alpha value is -1.59. The lowest BCUT2D eigenvalue weighted by Gasteiger charge is -2.32. The average Bonchev–Trinajstić information content (AvgIpc) is 2.49. The number of carbonyl (C=O) groups excluding carboxylic acids is 2. The molecule has 0 aromatic heterocycles. The molecule has 0 atom stereocenters. The van der Waals surface area contributed by atoms with Crippen molar-refractivity contribution in [3.63, 3.8) is 0 Å². The zero-order valence-corrected chi connectivity index (χ0v) is 12.9. The van der Waals surface area contributed by atoms with Gasteiger partial charge in [-0.2, -0.15) is 0 Å². The van der Waals surface area contributed by atoms with Gasteiger partial charge >= 0.3 is 5.97 Å². The number of carbonyl (C=O) groups is 2. The average molecular weight is 311 g/mol. The van der Waals surface area contributed by atoms with Gasteiger partial charge in [0.05, 0.1) is 23.4 Å². The number of piperidine rings is 1. The minimum Gasteiger partial charge on any atom is -0.465 e. The van der Waals surface area contributed by atoms with Gasteiger partial charge in [0.1, 0.15) is 0 Å². The van der Waals surface area contributed by atoms with Gasteiger partial charge in [0.25, 0.3) is 0 Å². The van der Waals surface area contributed by atoms with Crippen LogP contribution in [-0.2, 0) is 9.53 Å². The Labute approximate surface area is 129 Å². The van der Waals surface area contributed by atoms with E-state index in [1.165, 1.54) is 13.2 Å². The van der Waals surface area contributed by atoms with Crippen LogP contribution in [0.3, 0.4) is 0 Å². The predicted octanol–water partition coefficient (Wildman–Crippen LogP) is 2.45. The molecule has 6 heteroatoms. The Kier molecular flexibility index (Phi) is 4.85. The van der Waals surface area contributed by atoms with Gasteiger partial charge in [0.2, 0.25) is 5.91 Å². The predicted molar refractivity (Wildman–Crippen MR) is 81.6 cm³/mol. The Bertz CT molecular complexity index is 554. The van der Waals surface area contributed by atoms with E-state index < -0.39 is 11.4 Å². The van der Waals surface area contributed by atoms with Gasteiger partial charge in [-0.3, -0.25) is 4.79 Å². The van der Waals surface area contributed by atoms with Gasteiger partial charge < -0.3 is 15.4 Å². The largest absolute Gasteiger partial charge is 0.465 e. The summed E-state index contributed by atoms with van der Waals surface area (Å²) in [5.41, 5.74) is 0.368. The van der Waals surface area contributed by atoms with Crippen molar-refractivity contribution in [1.82, 2.24) is 5.32 Å². The molecule has 2 N–H and O–H groups in total. The maximum atomic E-state index is 12.5. The van der Waals surface area contributed by atoms with E-state index >= 15 is 0 Å². The van der Waals surface area contributed by atoms with Crippen molar-refractivity contribution in [1.29, 1.82) is 0 Å². The highest BCUT2D eigenvalue weighted by Gasteiger charge is 2.34. The quantitative estimate of drug-likeness (QED) is 0.842. The Morgan fingerprint density at radius 2 is 2.00 bits per heavy atom. The highest BCUT2D eigenvalue weighted by molar-refractivity contribution is 6.34. The van der Waals surface area contributed by atoms with Crippen molar-refractivity contribution in [3.05, 3.63) is 28.8 Å². The van der Waals surface area contributed by atoms with E-state index in [0.29, 0.717) is 16.3 Å². The van der Waals surface area contributed by atoms with Crippen molar-refractivity contribution in [2.24, 2.45) is 5.41 Å². The topological polar surface area (TPSA) is 67.4 Å². The zero-order chi connectivity index (χ0) is 15.5. The summed E-state index contributed by atoms with van der Waals surface area (Å²) in [4.78, 5) is 24.0. The first-order chi connectivity index (χ1) is 9.96. The van der Waals surface area contributed by atoms with Gasteiger partial charge in [-0.15, -0.1) is 0 Å². The molecule has 0 spiro atoms. The van der Waals surface area contributed by atoms with E-state index in [9.17, 15) is 9.59 Å². The fourth-order valence-electron chi connectivity index (χ4n) is 2.34. The fourth-order valence-corrected chi connectivity index (χ4v) is 2.51. The number of hydrogen-bond donors (Lipinski definition) is 2. The van der Waals surface area contributed by atoms with Gasteiger partial charge in [-0.25, -0.2) is 4.79 Å². The molecule has 114 valence electrons. The number of anilines is 1. The smallest absolute Gasteiger partial charge is 0.337 e. The van der Waals surface area contributed by atoms with E-state index in [-0.39, 0.29) is 5.91 Å². The van der Waals surface area contributed by atoms with Gasteiger partial charge in [0, 0.05) is 5.41 Å². The summed E-state index contributed by atoms with van der Waals surface area (Å²) in [6, 6.07) is 4.68. The monoisotopic (exact) mass is 310 g/mol. The molecule has 1 heterocycles. The Balaban J connectivity index is 2.18. The Morgan fingerprint density at radius 3 is 2.62 bits per heavy atom. The van der Waals surface area contributed by atoms with E-state index in [2.05, 4.69) is 15.4 Å². The number of nitrogens with one attached hydrogen (secondary N) is 2. The number of rotatable bonds is 3. The van der Waals surface area contributed by atoms with Gasteiger partial charge in [-0.1, -0.05) is 18.5 Å². The number of amides is 1. The van der Waals surface area contributed by atoms with Crippen molar-refractivity contribution >= 4 is 29.2 Å². The summed E-state index contributed by atoms with van der Waals surface area (Å²) in [6.45, 7) is 3.58. The molecule has 1 aliphatic heterocycles. The summed E-state index contributed by atoms with van der Waals surface area (Å²) in [5.74, 6) is -0.539. The van der Waals surface area contributed by atoms with Crippen LogP contribution in [0.4, 0.5) is 5.69 Å². The minimum absolute atomic E-state index is 0.0760. The lowest BCUT2D eigenvalue weighted by molar-refractivity contribution is -0.126. The van der Waals surface area contributed by atoms with Crippen LogP contribution < -0.4 is 10.6 Å². The van der Waals surface area contributed by atoms with Crippen molar-refractivity contribution in [2.75, 3.05) is 25.5 Å². The van der Waals surface area contributed by atoms with Crippen LogP contribution in [0, 0.1) is 5.41 Å². The first-order valence-corrected chi connectivity index (χ1v) is 7.24. The standard InChI is InChI=1S/C15H19ClN2O3/c1-15(5-7-17-8-6-15)14(20)18-12-9-10(13(19)21-2)3-4-11(12)16/h3-4,9,17H,5-8H2,1-2H3,(H,18,20). The third-order valence-electron chi connectivity index (χ3n) is 3.89. The lowest BCUT2D eigenvalue weighted by atomic mass is 9.80. The minimum atomic E-state index is -0.463. The maximum absolute atomic E-state index is 12.5. The number of ether oxygens (including phenoxy) is 1. The first kappa shape index (κ1) is 15.8. The lowest BCUT2D eigenvalue weighted by Crippen LogP contribution is -2.42. The normalized spacial score (nSPS) is 17.1. The molecule has 0 aliphatic carbocycles. The second-order valence-corrected chi connectivity index (χ2v) is 5.86. The molecule has 1 amide bonds. The summed E-state index contributed by atoms with van der Waals surface area (Å²) >= 11 is 6.09. The number of halogens is 1. The van der Waals surface area contributed by atoms with Gasteiger partial charge in [0.15, 0.2) is 0 Å². The third kappa shape index (κ3) is 3.54. The number of benzene rings is 1. The molecule has 5 nitrogen and oxygen atoms in total. The fraction of sp³-hybridized carbons (Fsp3) is 0.467. The second kappa shape index (κ2) is 6.45. The maximum Gasteiger partial charge on any atom is 0.337 e. The molecule has 21 heavy (non-hydrogen) atoms. The molecule has 0 bridgehead atoms. The molecular weight excluding hydrogens is 292 g/mol. The van der Waals surface area contributed by atoms with Crippen molar-refractivity contribution in [2.45, 2.75) is 19.8 Å². The van der Waals surface area contributed by atoms with Crippen LogP contribution >= 0.6 is 11.6 Å². The van der Waals surface area contributed by atoms with E-state index in [1.54, 1.807) is 12.1 Å². The van der Waals surface area contributed by atoms with Crippen molar-refractivity contribution in [3.8, 4) is 0 Å². The van der Waals surface area contributed by atoms with E-state index in [1.807, 2.05) is 6.92 Å². The molecule has 1 saturated heterocycles. The summed E-state index contributed by atoms with van der Waals surface area (Å²) in [7, 11) is 1.31. The molecule has 1 aliphatic rings. The third-order valence-corrected chi connectivity index (χ3v) is 4.22. The van der Waals surface area contributed by atoms with Crippen LogP contribution in [0.2, 0.25) is 5.02 Å². The molecule has 0 radical (unpaired) electrons. The molecule has 1 aromatic carbocycles. The summed E-state index contributed by atoms with van der Waals surface area (Å²) in [6.07, 6.45) is 1.54. The Morgan fingerprint density at radius 1 is 1.33 bits per heavy atom. The molecule has 0 unspecified atom stereocenters. The highest BCUT2D eigenvalue weighted by Crippen LogP contribution is 2.31. The van der Waals surface area contributed by atoms with Crippen LogP contribution in [0.1, 0.15) is 30.1 Å². The summed E-state index contributed by atoms with van der Waals surface area (Å²) in [5, 5.41) is 6.46. The SMILES string of the molecule is COC(=O)c1ccc(Cl)c(NC(=O)C2(C)CCNCC2)c1. The number of hydrogen-bond acceptors (Lipinski definition) is 4. The zero-order valence-electron chi connectivity index (χ0n) is 12.2. The van der Waals surface area contributed by atoms with Crippen LogP contribution in [0.25, 0.3) is 0 Å².